The third-order valence-electron chi connectivity index (χ3n) is 4.50. The van der Waals surface area contributed by atoms with Gasteiger partial charge in [0.15, 0.2) is 0 Å². The molecule has 120 valence electrons. The Hall–Kier alpha value is -2.49. The van der Waals surface area contributed by atoms with Crippen LogP contribution in [0.3, 0.4) is 0 Å². The molecular formula is C19H22N2O2. The summed E-state index contributed by atoms with van der Waals surface area (Å²) < 4.78 is 0. The van der Waals surface area contributed by atoms with Gasteiger partial charge in [0.2, 0.25) is 0 Å². The average Bonchev–Trinajstić information content (AvgIpc) is 2.99. The van der Waals surface area contributed by atoms with Gasteiger partial charge in [-0.15, -0.1) is 0 Å². The number of carbonyl (C=O) groups excluding carboxylic acids is 1. The number of hydrogen-bond acceptors (Lipinski definition) is 3. The van der Waals surface area contributed by atoms with Crippen molar-refractivity contribution >= 4 is 11.6 Å². The Labute approximate surface area is 136 Å². The number of nitrogens with zero attached hydrogens (tertiary/aromatic N) is 1. The van der Waals surface area contributed by atoms with Crippen LogP contribution in [0.4, 0.5) is 5.69 Å². The molecular weight excluding hydrogens is 288 g/mol. The van der Waals surface area contributed by atoms with Crippen LogP contribution < -0.4 is 10.2 Å². The molecule has 1 amide bonds. The summed E-state index contributed by atoms with van der Waals surface area (Å²) in [5, 5.41) is 12.9. The number of aryl methyl sites for hydroxylation is 1. The normalized spacial score (nSPS) is 14.4. The lowest BCUT2D eigenvalue weighted by molar-refractivity contribution is 0.0948. The highest BCUT2D eigenvalue weighted by Crippen LogP contribution is 2.29. The summed E-state index contributed by atoms with van der Waals surface area (Å²) in [4.78, 5) is 14.6. The molecule has 0 spiro atoms. The molecule has 1 unspecified atom stereocenters. The summed E-state index contributed by atoms with van der Waals surface area (Å²) in [6.45, 7) is 5.42. The molecule has 1 atom stereocenters. The maximum Gasteiger partial charge on any atom is 0.255 e. The molecule has 0 radical (unpaired) electrons. The van der Waals surface area contributed by atoms with Crippen molar-refractivity contribution in [1.29, 1.82) is 0 Å². The molecule has 2 aromatic carbocycles. The standard InChI is InChI=1S/C19H22N2O2/c1-13-6-5-8-16(18(13)22)19(23)20-12-14(2)21-11-10-15-7-3-4-9-17(15)21/h3-9,14,22H,10-12H2,1-2H3,(H,20,23). The molecule has 4 heteroatoms. The summed E-state index contributed by atoms with van der Waals surface area (Å²) in [5.41, 5.74) is 3.66. The lowest BCUT2D eigenvalue weighted by Gasteiger charge is -2.27. The summed E-state index contributed by atoms with van der Waals surface area (Å²) in [5.74, 6) is -0.172. The van der Waals surface area contributed by atoms with Crippen LogP contribution in [0.1, 0.15) is 28.4 Å². The predicted molar refractivity (Wildman–Crippen MR) is 92.1 cm³/mol. The number of fused-ring (bicyclic) bond motifs is 1. The van der Waals surface area contributed by atoms with E-state index in [1.165, 1.54) is 11.3 Å². The van der Waals surface area contributed by atoms with Gasteiger partial charge in [0.1, 0.15) is 5.75 Å². The number of amides is 1. The minimum absolute atomic E-state index is 0.0594. The van der Waals surface area contributed by atoms with E-state index in [4.69, 9.17) is 0 Å². The van der Waals surface area contributed by atoms with Gasteiger partial charge in [-0.05, 0) is 43.5 Å². The molecule has 0 saturated carbocycles. The quantitative estimate of drug-likeness (QED) is 0.913. The Bertz CT molecular complexity index is 727. The minimum atomic E-state index is -0.231. The first-order chi connectivity index (χ1) is 11.1. The van der Waals surface area contributed by atoms with Crippen molar-refractivity contribution in [2.75, 3.05) is 18.0 Å². The maximum atomic E-state index is 12.3. The van der Waals surface area contributed by atoms with Gasteiger partial charge in [-0.1, -0.05) is 30.3 Å². The number of aromatic hydroxyl groups is 1. The van der Waals surface area contributed by atoms with Gasteiger partial charge in [0.25, 0.3) is 5.91 Å². The van der Waals surface area contributed by atoms with Crippen LogP contribution in [0.5, 0.6) is 5.75 Å². The Morgan fingerprint density at radius 1 is 1.26 bits per heavy atom. The first kappa shape index (κ1) is 15.4. The lowest BCUT2D eigenvalue weighted by atomic mass is 10.1. The fourth-order valence-corrected chi connectivity index (χ4v) is 3.11. The Kier molecular flexibility index (Phi) is 4.24. The minimum Gasteiger partial charge on any atom is -0.507 e. The second-order valence-corrected chi connectivity index (χ2v) is 6.10. The van der Waals surface area contributed by atoms with E-state index in [2.05, 4.69) is 35.3 Å². The molecule has 0 bridgehead atoms. The highest BCUT2D eigenvalue weighted by molar-refractivity contribution is 5.97. The number of carbonyl (C=O) groups is 1. The molecule has 3 rings (SSSR count). The van der Waals surface area contributed by atoms with Crippen LogP contribution in [0.15, 0.2) is 42.5 Å². The molecule has 2 aromatic rings. The molecule has 0 saturated heterocycles. The van der Waals surface area contributed by atoms with E-state index in [0.717, 1.165) is 13.0 Å². The third kappa shape index (κ3) is 3.02. The molecule has 1 aliphatic heterocycles. The number of rotatable bonds is 4. The van der Waals surface area contributed by atoms with Gasteiger partial charge in [0, 0.05) is 24.8 Å². The number of nitrogens with one attached hydrogen (secondary N) is 1. The summed E-state index contributed by atoms with van der Waals surface area (Å²) in [7, 11) is 0. The van der Waals surface area contributed by atoms with E-state index >= 15 is 0 Å². The van der Waals surface area contributed by atoms with Gasteiger partial charge >= 0.3 is 0 Å². The predicted octanol–water partition coefficient (Wildman–Crippen LogP) is 2.88. The fraction of sp³-hybridized carbons (Fsp3) is 0.316. The Morgan fingerprint density at radius 3 is 2.87 bits per heavy atom. The van der Waals surface area contributed by atoms with Crippen LogP contribution in [-0.2, 0) is 6.42 Å². The Balaban J connectivity index is 1.65. The van der Waals surface area contributed by atoms with Gasteiger partial charge in [-0.2, -0.15) is 0 Å². The fourth-order valence-electron chi connectivity index (χ4n) is 3.11. The van der Waals surface area contributed by atoms with Crippen molar-refractivity contribution < 1.29 is 9.90 Å². The molecule has 1 aliphatic rings. The number of para-hydroxylation sites is 2. The van der Waals surface area contributed by atoms with Crippen molar-refractivity contribution in [2.24, 2.45) is 0 Å². The van der Waals surface area contributed by atoms with Crippen LogP contribution in [0.25, 0.3) is 0 Å². The van der Waals surface area contributed by atoms with E-state index in [1.54, 1.807) is 25.1 Å². The summed E-state index contributed by atoms with van der Waals surface area (Å²) in [6, 6.07) is 13.8. The Morgan fingerprint density at radius 2 is 2.04 bits per heavy atom. The average molecular weight is 310 g/mol. The number of phenolic OH excluding ortho intramolecular Hbond substituents is 1. The van der Waals surface area contributed by atoms with Crippen molar-refractivity contribution in [3.63, 3.8) is 0 Å². The number of phenols is 1. The van der Waals surface area contributed by atoms with Gasteiger partial charge in [-0.25, -0.2) is 0 Å². The van der Waals surface area contributed by atoms with Crippen molar-refractivity contribution in [2.45, 2.75) is 26.3 Å². The van der Waals surface area contributed by atoms with Crippen LogP contribution in [0, 0.1) is 6.92 Å². The van der Waals surface area contributed by atoms with Crippen molar-refractivity contribution in [3.05, 3.63) is 59.2 Å². The van der Waals surface area contributed by atoms with Crippen LogP contribution >= 0.6 is 0 Å². The smallest absolute Gasteiger partial charge is 0.255 e. The van der Waals surface area contributed by atoms with Crippen molar-refractivity contribution in [3.8, 4) is 5.75 Å². The zero-order valence-corrected chi connectivity index (χ0v) is 13.5. The number of benzene rings is 2. The van der Waals surface area contributed by atoms with E-state index in [-0.39, 0.29) is 17.7 Å². The molecule has 1 heterocycles. The largest absolute Gasteiger partial charge is 0.507 e. The lowest BCUT2D eigenvalue weighted by Crippen LogP contribution is -2.41. The third-order valence-corrected chi connectivity index (χ3v) is 4.50. The second kappa shape index (κ2) is 6.32. The molecule has 0 fully saturated rings. The molecule has 4 nitrogen and oxygen atoms in total. The SMILES string of the molecule is Cc1cccc(C(=O)NCC(C)N2CCc3ccccc32)c1O. The number of anilines is 1. The first-order valence-corrected chi connectivity index (χ1v) is 7.99. The summed E-state index contributed by atoms with van der Waals surface area (Å²) in [6.07, 6.45) is 1.05. The van der Waals surface area contributed by atoms with E-state index in [0.29, 0.717) is 17.7 Å². The molecule has 2 N–H and O–H groups in total. The zero-order chi connectivity index (χ0) is 16.4. The van der Waals surface area contributed by atoms with Gasteiger partial charge in [-0.3, -0.25) is 4.79 Å². The van der Waals surface area contributed by atoms with E-state index < -0.39 is 0 Å². The first-order valence-electron chi connectivity index (χ1n) is 7.99. The van der Waals surface area contributed by atoms with Crippen molar-refractivity contribution in [1.82, 2.24) is 5.32 Å². The molecule has 23 heavy (non-hydrogen) atoms. The monoisotopic (exact) mass is 310 g/mol. The maximum absolute atomic E-state index is 12.3. The highest BCUT2D eigenvalue weighted by Gasteiger charge is 2.23. The highest BCUT2D eigenvalue weighted by atomic mass is 16.3. The zero-order valence-electron chi connectivity index (χ0n) is 13.5. The summed E-state index contributed by atoms with van der Waals surface area (Å²) >= 11 is 0. The van der Waals surface area contributed by atoms with E-state index in [9.17, 15) is 9.90 Å². The van der Waals surface area contributed by atoms with E-state index in [1.807, 2.05) is 6.07 Å². The molecule has 0 aromatic heterocycles. The topological polar surface area (TPSA) is 52.6 Å². The number of hydrogen-bond donors (Lipinski definition) is 2. The molecule has 0 aliphatic carbocycles. The van der Waals surface area contributed by atoms with Crippen LogP contribution in [0.2, 0.25) is 0 Å². The second-order valence-electron chi connectivity index (χ2n) is 6.10. The van der Waals surface area contributed by atoms with Gasteiger partial charge in [0.05, 0.1) is 5.56 Å². The van der Waals surface area contributed by atoms with Crippen LogP contribution in [-0.4, -0.2) is 30.1 Å². The van der Waals surface area contributed by atoms with Gasteiger partial charge < -0.3 is 15.3 Å².